The molecule has 0 N–H and O–H groups in total. The minimum absolute atomic E-state index is 0.0598. The smallest absolute Gasteiger partial charge is 0.133 e. The van der Waals surface area contributed by atoms with Crippen LogP contribution < -0.4 is 4.74 Å². The second-order valence-corrected chi connectivity index (χ2v) is 11.8. The summed E-state index contributed by atoms with van der Waals surface area (Å²) in [4.78, 5) is 4.56. The maximum atomic E-state index is 14.8. The number of halogens is 2. The summed E-state index contributed by atoms with van der Waals surface area (Å²) in [5, 5.41) is 0.932. The monoisotopic (exact) mass is 495 g/mol. The lowest BCUT2D eigenvalue weighted by Gasteiger charge is -2.59. The molecule has 0 atom stereocenters. The van der Waals surface area contributed by atoms with Crippen molar-refractivity contribution < 1.29 is 13.5 Å². The van der Waals surface area contributed by atoms with Gasteiger partial charge in [0, 0.05) is 22.7 Å². The van der Waals surface area contributed by atoms with E-state index in [0.717, 1.165) is 34.3 Å². The van der Waals surface area contributed by atoms with E-state index in [1.54, 1.807) is 24.4 Å². The Morgan fingerprint density at radius 3 is 2.22 bits per heavy atom. The SMILES string of the molecule is Cc1cc(-c2ccc(-c3cc4cccc(F)c4cc3F)nc2)ccc1OC1(C)C2CC3CC(C2)CC1C3. The second-order valence-electron chi connectivity index (χ2n) is 11.8. The number of ether oxygens (including phenoxy) is 1. The van der Waals surface area contributed by atoms with Crippen molar-refractivity contribution >= 4 is 10.8 Å². The largest absolute Gasteiger partial charge is 0.487 e. The van der Waals surface area contributed by atoms with Crippen LogP contribution in [0.1, 0.15) is 44.6 Å². The van der Waals surface area contributed by atoms with Gasteiger partial charge in [0.25, 0.3) is 0 Å². The summed E-state index contributed by atoms with van der Waals surface area (Å²) in [6, 6.07) is 17.8. The van der Waals surface area contributed by atoms with E-state index in [-0.39, 0.29) is 11.0 Å². The summed E-state index contributed by atoms with van der Waals surface area (Å²) in [5.74, 6) is 3.26. The summed E-state index contributed by atoms with van der Waals surface area (Å²) in [6.07, 6.45) is 8.52. The Labute approximate surface area is 216 Å². The number of rotatable bonds is 4. The van der Waals surface area contributed by atoms with E-state index in [2.05, 4.69) is 37.0 Å². The maximum absolute atomic E-state index is 14.8. The predicted octanol–water partition coefficient (Wildman–Crippen LogP) is 8.75. The van der Waals surface area contributed by atoms with Crippen LogP contribution in [0.5, 0.6) is 5.75 Å². The molecule has 0 radical (unpaired) electrons. The minimum atomic E-state index is -0.478. The van der Waals surface area contributed by atoms with Crippen molar-refractivity contribution in [3.8, 4) is 28.1 Å². The molecule has 1 heterocycles. The molecule has 0 unspecified atom stereocenters. The summed E-state index contributed by atoms with van der Waals surface area (Å²) < 4.78 is 35.7. The lowest BCUT2D eigenvalue weighted by Crippen LogP contribution is -2.59. The fraction of sp³-hybridized carbons (Fsp3) is 0.364. The Bertz CT molecular complexity index is 1480. The number of benzene rings is 3. The van der Waals surface area contributed by atoms with Crippen molar-refractivity contribution in [2.45, 2.75) is 51.6 Å². The Morgan fingerprint density at radius 2 is 1.54 bits per heavy atom. The molecule has 4 aliphatic rings. The van der Waals surface area contributed by atoms with E-state index >= 15 is 0 Å². The molecule has 0 spiro atoms. The van der Waals surface area contributed by atoms with E-state index in [0.29, 0.717) is 28.5 Å². The number of fused-ring (bicyclic) bond motifs is 1. The fourth-order valence-electron chi connectivity index (χ4n) is 7.65. The standard InChI is InChI=1S/C33H31F2NO/c1-19-10-22(7-9-32(19)37-33(2)25-12-20-11-21(14-25)15-26(33)13-20)24-6-8-31(36-18-24)28-16-23-4-3-5-29(34)27(23)17-30(28)35/h3-10,16-18,20-21,25-26H,11-15H2,1-2H3. The minimum Gasteiger partial charge on any atom is -0.487 e. The van der Waals surface area contributed by atoms with Crippen LogP contribution in [0.25, 0.3) is 33.2 Å². The molecule has 1 aromatic heterocycles. The zero-order chi connectivity index (χ0) is 25.3. The van der Waals surface area contributed by atoms with Crippen molar-refractivity contribution in [3.63, 3.8) is 0 Å². The third-order valence-corrected chi connectivity index (χ3v) is 9.55. The summed E-state index contributed by atoms with van der Waals surface area (Å²) in [5.41, 5.74) is 3.98. The third-order valence-electron chi connectivity index (χ3n) is 9.55. The average Bonchev–Trinajstić information content (AvgIpc) is 2.89. The first-order valence-corrected chi connectivity index (χ1v) is 13.5. The molecule has 4 fully saturated rings. The molecule has 4 aromatic rings. The van der Waals surface area contributed by atoms with Gasteiger partial charge in [-0.25, -0.2) is 8.78 Å². The molecule has 4 aliphatic carbocycles. The first-order chi connectivity index (χ1) is 17.9. The van der Waals surface area contributed by atoms with Crippen LogP contribution in [0.4, 0.5) is 8.78 Å². The van der Waals surface area contributed by atoms with Gasteiger partial charge < -0.3 is 4.74 Å². The lowest BCUT2D eigenvalue weighted by molar-refractivity contribution is -0.145. The normalized spacial score (nSPS) is 28.1. The zero-order valence-corrected chi connectivity index (χ0v) is 21.3. The average molecular weight is 496 g/mol. The first-order valence-electron chi connectivity index (χ1n) is 13.5. The molecule has 0 amide bonds. The zero-order valence-electron chi connectivity index (χ0n) is 21.3. The Hall–Kier alpha value is -3.27. The lowest BCUT2D eigenvalue weighted by atomic mass is 9.50. The third kappa shape index (κ3) is 3.75. The molecule has 0 saturated heterocycles. The van der Waals surface area contributed by atoms with Crippen LogP contribution in [-0.4, -0.2) is 10.6 Å². The molecule has 4 saturated carbocycles. The highest BCUT2D eigenvalue weighted by atomic mass is 19.1. The number of aromatic nitrogens is 1. The summed E-state index contributed by atoms with van der Waals surface area (Å²) in [7, 11) is 0. The van der Waals surface area contributed by atoms with Crippen LogP contribution in [0.2, 0.25) is 0 Å². The first kappa shape index (κ1) is 22.9. The number of nitrogens with zero attached hydrogens (tertiary/aromatic N) is 1. The summed E-state index contributed by atoms with van der Waals surface area (Å²) >= 11 is 0. The molecular weight excluding hydrogens is 464 g/mol. The fourth-order valence-corrected chi connectivity index (χ4v) is 7.65. The van der Waals surface area contributed by atoms with Crippen molar-refractivity contribution in [2.24, 2.45) is 23.7 Å². The number of aryl methyl sites for hydroxylation is 1. The van der Waals surface area contributed by atoms with Crippen molar-refractivity contribution in [1.82, 2.24) is 4.98 Å². The van der Waals surface area contributed by atoms with Crippen molar-refractivity contribution in [3.05, 3.63) is 84.1 Å². The van der Waals surface area contributed by atoms with Crippen LogP contribution in [0.3, 0.4) is 0 Å². The number of pyridine rings is 1. The van der Waals surface area contributed by atoms with Gasteiger partial charge in [0.2, 0.25) is 0 Å². The Kier molecular flexibility index (Phi) is 5.18. The maximum Gasteiger partial charge on any atom is 0.133 e. The van der Waals surface area contributed by atoms with Crippen molar-refractivity contribution in [1.29, 1.82) is 0 Å². The van der Waals surface area contributed by atoms with E-state index in [4.69, 9.17) is 4.74 Å². The molecule has 2 nitrogen and oxygen atoms in total. The van der Waals surface area contributed by atoms with E-state index in [9.17, 15) is 8.78 Å². The Morgan fingerprint density at radius 1 is 0.811 bits per heavy atom. The molecule has 3 aromatic carbocycles. The predicted molar refractivity (Wildman–Crippen MR) is 143 cm³/mol. The van der Waals surface area contributed by atoms with E-state index < -0.39 is 11.6 Å². The summed E-state index contributed by atoms with van der Waals surface area (Å²) in [6.45, 7) is 4.47. The van der Waals surface area contributed by atoms with Gasteiger partial charge in [-0.2, -0.15) is 0 Å². The molecule has 188 valence electrons. The molecular formula is C33H31F2NO. The van der Waals surface area contributed by atoms with Gasteiger partial charge in [-0.3, -0.25) is 4.98 Å². The quantitative estimate of drug-likeness (QED) is 0.282. The van der Waals surface area contributed by atoms with Gasteiger partial charge >= 0.3 is 0 Å². The molecule has 8 rings (SSSR count). The highest BCUT2D eigenvalue weighted by Crippen LogP contribution is 2.59. The van der Waals surface area contributed by atoms with Gasteiger partial charge in [0.15, 0.2) is 0 Å². The van der Waals surface area contributed by atoms with Crippen LogP contribution >= 0.6 is 0 Å². The number of hydrogen-bond acceptors (Lipinski definition) is 2. The van der Waals surface area contributed by atoms with Crippen LogP contribution in [0, 0.1) is 42.2 Å². The van der Waals surface area contributed by atoms with Gasteiger partial charge in [-0.05, 0) is 123 Å². The Balaban J connectivity index is 1.14. The molecule has 37 heavy (non-hydrogen) atoms. The van der Waals surface area contributed by atoms with E-state index in [1.807, 2.05) is 12.1 Å². The van der Waals surface area contributed by atoms with Gasteiger partial charge in [-0.15, -0.1) is 0 Å². The molecule has 4 bridgehead atoms. The number of hydrogen-bond donors (Lipinski definition) is 0. The van der Waals surface area contributed by atoms with E-state index in [1.165, 1.54) is 44.2 Å². The van der Waals surface area contributed by atoms with Crippen LogP contribution in [0.15, 0.2) is 66.9 Å². The van der Waals surface area contributed by atoms with Gasteiger partial charge in [-0.1, -0.05) is 24.3 Å². The van der Waals surface area contributed by atoms with Crippen molar-refractivity contribution in [2.75, 3.05) is 0 Å². The van der Waals surface area contributed by atoms with Crippen LogP contribution in [-0.2, 0) is 0 Å². The topological polar surface area (TPSA) is 22.1 Å². The second kappa shape index (κ2) is 8.37. The van der Waals surface area contributed by atoms with Gasteiger partial charge in [0.05, 0.1) is 5.69 Å². The molecule has 0 aliphatic heterocycles. The highest BCUT2D eigenvalue weighted by molar-refractivity contribution is 5.87. The molecule has 4 heteroatoms. The van der Waals surface area contributed by atoms with Gasteiger partial charge in [0.1, 0.15) is 23.0 Å². The highest BCUT2D eigenvalue weighted by Gasteiger charge is 2.56.